The lowest BCUT2D eigenvalue weighted by molar-refractivity contribution is 0.273. The second-order valence-corrected chi connectivity index (χ2v) is 4.68. The van der Waals surface area contributed by atoms with E-state index in [1.165, 1.54) is 5.56 Å². The Bertz CT molecular complexity index is 531. The van der Waals surface area contributed by atoms with Crippen molar-refractivity contribution in [2.75, 3.05) is 19.8 Å². The van der Waals surface area contributed by atoms with Crippen molar-refractivity contribution < 1.29 is 9.47 Å². The van der Waals surface area contributed by atoms with Crippen LogP contribution in [0.15, 0.2) is 48.8 Å². The largest absolute Gasteiger partial charge is 0.490 e. The Hall–Kier alpha value is -2.07. The number of para-hydroxylation sites is 2. The molecule has 21 heavy (non-hydrogen) atoms. The number of aromatic nitrogens is 1. The maximum absolute atomic E-state index is 5.78. The molecule has 4 nitrogen and oxygen atoms in total. The molecule has 1 heterocycles. The van der Waals surface area contributed by atoms with E-state index in [9.17, 15) is 0 Å². The predicted octanol–water partition coefficient (Wildman–Crippen LogP) is 3.21. The first-order valence-electron chi connectivity index (χ1n) is 7.29. The van der Waals surface area contributed by atoms with E-state index in [1.807, 2.05) is 55.7 Å². The molecule has 0 fully saturated rings. The highest BCUT2D eigenvalue weighted by Gasteiger charge is 2.05. The zero-order valence-corrected chi connectivity index (χ0v) is 12.6. The highest BCUT2D eigenvalue weighted by atomic mass is 16.5. The zero-order chi connectivity index (χ0) is 14.9. The molecule has 0 amide bonds. The Morgan fingerprint density at radius 2 is 1.71 bits per heavy atom. The van der Waals surface area contributed by atoms with Gasteiger partial charge in [0.2, 0.25) is 0 Å². The van der Waals surface area contributed by atoms with Gasteiger partial charge in [0.15, 0.2) is 11.5 Å². The van der Waals surface area contributed by atoms with Gasteiger partial charge in [0.25, 0.3) is 0 Å². The maximum Gasteiger partial charge on any atom is 0.161 e. The van der Waals surface area contributed by atoms with Crippen molar-refractivity contribution in [2.45, 2.75) is 19.9 Å². The van der Waals surface area contributed by atoms with Crippen molar-refractivity contribution in [3.8, 4) is 11.5 Å². The van der Waals surface area contributed by atoms with E-state index in [1.54, 1.807) is 0 Å². The number of pyridine rings is 1. The minimum atomic E-state index is 0.277. The second-order valence-electron chi connectivity index (χ2n) is 4.68. The molecule has 1 aromatic heterocycles. The molecule has 0 saturated carbocycles. The summed E-state index contributed by atoms with van der Waals surface area (Å²) in [6.45, 7) is 6.10. The van der Waals surface area contributed by atoms with Crippen LogP contribution in [0.4, 0.5) is 0 Å². The topological polar surface area (TPSA) is 43.4 Å². The molecule has 0 unspecified atom stereocenters. The molecular weight excluding hydrogens is 264 g/mol. The molecule has 0 aliphatic heterocycles. The number of benzene rings is 1. The van der Waals surface area contributed by atoms with Gasteiger partial charge in [-0.15, -0.1) is 0 Å². The van der Waals surface area contributed by atoms with Gasteiger partial charge in [-0.05, 0) is 43.7 Å². The van der Waals surface area contributed by atoms with Gasteiger partial charge in [0.05, 0.1) is 6.61 Å². The van der Waals surface area contributed by atoms with Crippen LogP contribution in [0.5, 0.6) is 11.5 Å². The van der Waals surface area contributed by atoms with Crippen LogP contribution >= 0.6 is 0 Å². The van der Waals surface area contributed by atoms with E-state index in [4.69, 9.17) is 9.47 Å². The fourth-order valence-electron chi connectivity index (χ4n) is 2.05. The third-order valence-electron chi connectivity index (χ3n) is 3.17. The van der Waals surface area contributed by atoms with Gasteiger partial charge in [-0.2, -0.15) is 0 Å². The number of nitrogens with zero attached hydrogens (tertiary/aromatic N) is 1. The smallest absolute Gasteiger partial charge is 0.161 e. The molecule has 0 bridgehead atoms. The summed E-state index contributed by atoms with van der Waals surface area (Å²) in [6, 6.07) is 12.1. The summed E-state index contributed by atoms with van der Waals surface area (Å²) in [6.07, 6.45) is 3.62. The molecule has 1 atom stereocenters. The van der Waals surface area contributed by atoms with E-state index in [2.05, 4.69) is 17.2 Å². The highest BCUT2D eigenvalue weighted by Crippen LogP contribution is 2.26. The SMILES string of the molecule is CCOc1ccccc1OCCN[C@H](C)c1ccncc1. The van der Waals surface area contributed by atoms with Crippen molar-refractivity contribution in [3.05, 3.63) is 54.4 Å². The summed E-state index contributed by atoms with van der Waals surface area (Å²) in [5.74, 6) is 1.58. The fourth-order valence-corrected chi connectivity index (χ4v) is 2.05. The minimum Gasteiger partial charge on any atom is -0.490 e. The Morgan fingerprint density at radius 1 is 1.05 bits per heavy atom. The maximum atomic E-state index is 5.78. The van der Waals surface area contributed by atoms with Crippen molar-refractivity contribution >= 4 is 0 Å². The van der Waals surface area contributed by atoms with Crippen LogP contribution in [0, 0.1) is 0 Å². The standard InChI is InChI=1S/C17H22N2O2/c1-3-20-16-6-4-5-7-17(16)21-13-12-19-14(2)15-8-10-18-11-9-15/h4-11,14,19H,3,12-13H2,1-2H3/t14-/m1/s1. The van der Waals surface area contributed by atoms with Crippen molar-refractivity contribution in [1.82, 2.24) is 10.3 Å². The van der Waals surface area contributed by atoms with Crippen molar-refractivity contribution in [2.24, 2.45) is 0 Å². The normalized spacial score (nSPS) is 11.9. The van der Waals surface area contributed by atoms with Gasteiger partial charge in [0.1, 0.15) is 6.61 Å². The molecule has 0 aliphatic carbocycles. The Labute approximate surface area is 126 Å². The van der Waals surface area contributed by atoms with Gasteiger partial charge in [-0.3, -0.25) is 4.98 Å². The van der Waals surface area contributed by atoms with Crippen LogP contribution < -0.4 is 14.8 Å². The second kappa shape index (κ2) is 8.27. The molecule has 1 N–H and O–H groups in total. The lowest BCUT2D eigenvalue weighted by atomic mass is 10.1. The average molecular weight is 286 g/mol. The molecule has 112 valence electrons. The molecule has 1 aromatic carbocycles. The minimum absolute atomic E-state index is 0.277. The zero-order valence-electron chi connectivity index (χ0n) is 12.6. The summed E-state index contributed by atoms with van der Waals surface area (Å²) in [5.41, 5.74) is 1.22. The predicted molar refractivity (Wildman–Crippen MR) is 83.8 cm³/mol. The molecule has 0 radical (unpaired) electrons. The lowest BCUT2D eigenvalue weighted by Gasteiger charge is -2.15. The van der Waals surface area contributed by atoms with Crippen LogP contribution in [-0.2, 0) is 0 Å². The van der Waals surface area contributed by atoms with Crippen LogP contribution in [0.3, 0.4) is 0 Å². The molecule has 0 saturated heterocycles. The third kappa shape index (κ3) is 4.76. The van der Waals surface area contributed by atoms with Gasteiger partial charge in [0, 0.05) is 25.0 Å². The Balaban J connectivity index is 1.77. The first-order valence-corrected chi connectivity index (χ1v) is 7.29. The van der Waals surface area contributed by atoms with E-state index in [0.717, 1.165) is 18.0 Å². The molecule has 2 rings (SSSR count). The van der Waals surface area contributed by atoms with Gasteiger partial charge >= 0.3 is 0 Å². The summed E-state index contributed by atoms with van der Waals surface area (Å²) < 4.78 is 11.3. The molecule has 4 heteroatoms. The van der Waals surface area contributed by atoms with Gasteiger partial charge in [-0.1, -0.05) is 12.1 Å². The summed E-state index contributed by atoms with van der Waals surface area (Å²) in [5, 5.41) is 3.43. The number of ether oxygens (including phenoxy) is 2. The highest BCUT2D eigenvalue weighted by molar-refractivity contribution is 5.39. The number of rotatable bonds is 8. The Kier molecular flexibility index (Phi) is 6.03. The quantitative estimate of drug-likeness (QED) is 0.757. The molecule has 2 aromatic rings. The fraction of sp³-hybridized carbons (Fsp3) is 0.353. The third-order valence-corrected chi connectivity index (χ3v) is 3.17. The van der Waals surface area contributed by atoms with Gasteiger partial charge in [-0.25, -0.2) is 0 Å². The molecule has 0 spiro atoms. The van der Waals surface area contributed by atoms with Crippen LogP contribution in [0.2, 0.25) is 0 Å². The van der Waals surface area contributed by atoms with E-state index in [0.29, 0.717) is 13.2 Å². The molecular formula is C17H22N2O2. The van der Waals surface area contributed by atoms with Gasteiger partial charge < -0.3 is 14.8 Å². The van der Waals surface area contributed by atoms with E-state index < -0.39 is 0 Å². The first-order chi connectivity index (χ1) is 10.3. The Morgan fingerprint density at radius 3 is 2.38 bits per heavy atom. The van der Waals surface area contributed by atoms with E-state index in [-0.39, 0.29) is 6.04 Å². The van der Waals surface area contributed by atoms with Crippen molar-refractivity contribution in [3.63, 3.8) is 0 Å². The summed E-state index contributed by atoms with van der Waals surface area (Å²) in [4.78, 5) is 4.02. The van der Waals surface area contributed by atoms with E-state index >= 15 is 0 Å². The number of hydrogen-bond donors (Lipinski definition) is 1. The lowest BCUT2D eigenvalue weighted by Crippen LogP contribution is -2.24. The van der Waals surface area contributed by atoms with Crippen LogP contribution in [0.1, 0.15) is 25.5 Å². The number of hydrogen-bond acceptors (Lipinski definition) is 4. The summed E-state index contributed by atoms with van der Waals surface area (Å²) >= 11 is 0. The average Bonchev–Trinajstić information content (AvgIpc) is 2.54. The first kappa shape index (κ1) is 15.3. The monoisotopic (exact) mass is 286 g/mol. The summed E-state index contributed by atoms with van der Waals surface area (Å²) in [7, 11) is 0. The molecule has 0 aliphatic rings. The van der Waals surface area contributed by atoms with Crippen LogP contribution in [0.25, 0.3) is 0 Å². The van der Waals surface area contributed by atoms with Crippen LogP contribution in [-0.4, -0.2) is 24.7 Å². The number of nitrogens with one attached hydrogen (secondary N) is 1. The van der Waals surface area contributed by atoms with Crippen molar-refractivity contribution in [1.29, 1.82) is 0 Å².